The molecule has 2 aliphatic heterocycles. The molecule has 2 aromatic rings. The van der Waals surface area contributed by atoms with E-state index in [9.17, 15) is 4.79 Å². The van der Waals surface area contributed by atoms with Crippen LogP contribution in [0.2, 0.25) is 0 Å². The van der Waals surface area contributed by atoms with Gasteiger partial charge in [0.2, 0.25) is 5.91 Å². The van der Waals surface area contributed by atoms with Gasteiger partial charge in [0.1, 0.15) is 0 Å². The van der Waals surface area contributed by atoms with E-state index in [0.29, 0.717) is 6.04 Å². The van der Waals surface area contributed by atoms with Crippen LogP contribution in [0.5, 0.6) is 0 Å². The number of piperidine rings is 1. The maximum atomic E-state index is 12.7. The summed E-state index contributed by atoms with van der Waals surface area (Å²) in [6.45, 7) is 2.04. The van der Waals surface area contributed by atoms with Gasteiger partial charge in [-0.15, -0.1) is 0 Å². The molecule has 21 heavy (non-hydrogen) atoms. The second kappa shape index (κ2) is 4.56. The monoisotopic (exact) mass is 284 g/mol. The SMILES string of the molecule is Cc1cc(NC(=O)C23CCCC(CC2)N3)cc2[nH]ncc12. The zero-order chi connectivity index (χ0) is 14.4. The van der Waals surface area contributed by atoms with Crippen molar-refractivity contribution in [2.24, 2.45) is 0 Å². The van der Waals surface area contributed by atoms with Crippen LogP contribution in [0.25, 0.3) is 10.9 Å². The average Bonchev–Trinajstić information content (AvgIpc) is 3.05. The van der Waals surface area contributed by atoms with E-state index in [4.69, 9.17) is 0 Å². The van der Waals surface area contributed by atoms with Gasteiger partial charge in [0, 0.05) is 17.1 Å². The number of aryl methyl sites for hydroxylation is 1. The summed E-state index contributed by atoms with van der Waals surface area (Å²) >= 11 is 0. The molecule has 0 radical (unpaired) electrons. The second-order valence-corrected chi connectivity index (χ2v) is 6.43. The lowest BCUT2D eigenvalue weighted by molar-refractivity contribution is -0.122. The highest BCUT2D eigenvalue weighted by Gasteiger charge is 2.46. The molecule has 2 fully saturated rings. The third-order valence-electron chi connectivity index (χ3n) is 5.01. The van der Waals surface area contributed by atoms with Crippen molar-refractivity contribution in [3.63, 3.8) is 0 Å². The molecule has 2 aliphatic rings. The van der Waals surface area contributed by atoms with E-state index in [-0.39, 0.29) is 11.4 Å². The number of H-pyrrole nitrogens is 1. The van der Waals surface area contributed by atoms with Crippen LogP contribution in [0.4, 0.5) is 5.69 Å². The molecule has 1 aromatic carbocycles. The summed E-state index contributed by atoms with van der Waals surface area (Å²) in [7, 11) is 0. The van der Waals surface area contributed by atoms with E-state index in [1.165, 1.54) is 6.42 Å². The van der Waals surface area contributed by atoms with Crippen molar-refractivity contribution < 1.29 is 4.79 Å². The van der Waals surface area contributed by atoms with Crippen molar-refractivity contribution in [3.8, 4) is 0 Å². The number of amides is 1. The Bertz CT molecular complexity index is 703. The molecule has 3 heterocycles. The third-order valence-corrected chi connectivity index (χ3v) is 5.01. The predicted octanol–water partition coefficient (Wildman–Crippen LogP) is 2.48. The molecule has 2 bridgehead atoms. The summed E-state index contributed by atoms with van der Waals surface area (Å²) in [5, 5.41) is 14.8. The largest absolute Gasteiger partial charge is 0.324 e. The van der Waals surface area contributed by atoms with Crippen LogP contribution < -0.4 is 10.6 Å². The summed E-state index contributed by atoms with van der Waals surface area (Å²) < 4.78 is 0. The van der Waals surface area contributed by atoms with Crippen molar-refractivity contribution >= 4 is 22.5 Å². The fourth-order valence-electron chi connectivity index (χ4n) is 3.86. The normalized spacial score (nSPS) is 28.0. The van der Waals surface area contributed by atoms with Crippen LogP contribution in [-0.2, 0) is 4.79 Å². The van der Waals surface area contributed by atoms with Gasteiger partial charge in [-0.2, -0.15) is 5.10 Å². The van der Waals surface area contributed by atoms with Crippen LogP contribution >= 0.6 is 0 Å². The molecule has 0 aliphatic carbocycles. The molecular formula is C16H20N4O. The van der Waals surface area contributed by atoms with Crippen LogP contribution in [0.1, 0.15) is 37.7 Å². The van der Waals surface area contributed by atoms with Crippen LogP contribution in [-0.4, -0.2) is 27.7 Å². The van der Waals surface area contributed by atoms with Gasteiger partial charge in [-0.25, -0.2) is 0 Å². The molecule has 0 spiro atoms. The van der Waals surface area contributed by atoms with E-state index >= 15 is 0 Å². The Morgan fingerprint density at radius 3 is 3.19 bits per heavy atom. The Kier molecular flexibility index (Phi) is 2.79. The number of aromatic nitrogens is 2. The van der Waals surface area contributed by atoms with E-state index in [0.717, 1.165) is 47.8 Å². The number of hydrogen-bond acceptors (Lipinski definition) is 3. The Labute approximate surface area is 123 Å². The first-order valence-electron chi connectivity index (χ1n) is 7.69. The number of benzene rings is 1. The van der Waals surface area contributed by atoms with E-state index in [1.807, 2.05) is 25.3 Å². The van der Waals surface area contributed by atoms with Crippen molar-refractivity contribution in [2.45, 2.75) is 50.6 Å². The molecule has 0 saturated carbocycles. The fraction of sp³-hybridized carbons (Fsp3) is 0.500. The molecule has 5 heteroatoms. The molecule has 2 unspecified atom stereocenters. The van der Waals surface area contributed by atoms with Gasteiger partial charge in [0.05, 0.1) is 17.3 Å². The number of fused-ring (bicyclic) bond motifs is 3. The zero-order valence-corrected chi connectivity index (χ0v) is 12.2. The molecule has 4 rings (SSSR count). The third kappa shape index (κ3) is 2.03. The number of anilines is 1. The highest BCUT2D eigenvalue weighted by Crippen LogP contribution is 2.36. The number of nitrogens with zero attached hydrogens (tertiary/aromatic N) is 1. The molecule has 5 nitrogen and oxygen atoms in total. The summed E-state index contributed by atoms with van der Waals surface area (Å²) in [4.78, 5) is 12.7. The lowest BCUT2D eigenvalue weighted by Gasteiger charge is -2.33. The minimum absolute atomic E-state index is 0.114. The molecule has 110 valence electrons. The minimum atomic E-state index is -0.347. The Balaban J connectivity index is 1.60. The predicted molar refractivity (Wildman–Crippen MR) is 82.2 cm³/mol. The van der Waals surface area contributed by atoms with Crippen molar-refractivity contribution in [1.29, 1.82) is 0 Å². The van der Waals surface area contributed by atoms with E-state index < -0.39 is 0 Å². The quantitative estimate of drug-likeness (QED) is 0.793. The van der Waals surface area contributed by atoms with Crippen molar-refractivity contribution in [3.05, 3.63) is 23.9 Å². The summed E-state index contributed by atoms with van der Waals surface area (Å²) in [5.41, 5.74) is 2.58. The van der Waals surface area contributed by atoms with Crippen molar-refractivity contribution in [1.82, 2.24) is 15.5 Å². The van der Waals surface area contributed by atoms with Gasteiger partial charge in [0.25, 0.3) is 0 Å². The number of carbonyl (C=O) groups excluding carboxylic acids is 1. The molecule has 1 amide bonds. The molecule has 1 aromatic heterocycles. The first-order valence-corrected chi connectivity index (χ1v) is 7.69. The summed E-state index contributed by atoms with van der Waals surface area (Å²) in [6, 6.07) is 4.50. The molecule has 2 saturated heterocycles. The lowest BCUT2D eigenvalue weighted by Crippen LogP contribution is -2.54. The van der Waals surface area contributed by atoms with Gasteiger partial charge < -0.3 is 10.6 Å². The maximum Gasteiger partial charge on any atom is 0.244 e. The topological polar surface area (TPSA) is 69.8 Å². The highest BCUT2D eigenvalue weighted by molar-refractivity contribution is 6.00. The Hall–Kier alpha value is -1.88. The maximum absolute atomic E-state index is 12.7. The van der Waals surface area contributed by atoms with Gasteiger partial charge in [-0.3, -0.25) is 9.89 Å². The smallest absolute Gasteiger partial charge is 0.244 e. The number of nitrogens with one attached hydrogen (secondary N) is 3. The average molecular weight is 284 g/mol. The number of aromatic amines is 1. The fourth-order valence-corrected chi connectivity index (χ4v) is 3.86. The van der Waals surface area contributed by atoms with Gasteiger partial charge in [-0.1, -0.05) is 0 Å². The first kappa shape index (κ1) is 12.8. The lowest BCUT2D eigenvalue weighted by atomic mass is 9.89. The molecular weight excluding hydrogens is 264 g/mol. The Morgan fingerprint density at radius 2 is 2.29 bits per heavy atom. The van der Waals surface area contributed by atoms with Crippen LogP contribution in [0.15, 0.2) is 18.3 Å². The van der Waals surface area contributed by atoms with Gasteiger partial charge in [0.15, 0.2) is 0 Å². The Morgan fingerprint density at radius 1 is 1.38 bits per heavy atom. The van der Waals surface area contributed by atoms with Crippen LogP contribution in [0.3, 0.4) is 0 Å². The van der Waals surface area contributed by atoms with Crippen molar-refractivity contribution in [2.75, 3.05) is 5.32 Å². The summed E-state index contributed by atoms with van der Waals surface area (Å²) in [5.74, 6) is 0.114. The molecule has 2 atom stereocenters. The first-order chi connectivity index (χ1) is 10.2. The minimum Gasteiger partial charge on any atom is -0.324 e. The van der Waals surface area contributed by atoms with E-state index in [1.54, 1.807) is 0 Å². The summed E-state index contributed by atoms with van der Waals surface area (Å²) in [6.07, 6.45) is 7.18. The van der Waals surface area contributed by atoms with E-state index in [2.05, 4.69) is 20.8 Å². The van der Waals surface area contributed by atoms with Crippen LogP contribution in [0, 0.1) is 6.92 Å². The molecule has 3 N–H and O–H groups in total. The zero-order valence-electron chi connectivity index (χ0n) is 12.2. The number of carbonyl (C=O) groups is 1. The van der Waals surface area contributed by atoms with Gasteiger partial charge >= 0.3 is 0 Å². The standard InChI is InChI=1S/C16H20N4O/c1-10-7-12(8-14-13(10)9-17-20-14)18-15(21)16-5-2-3-11(19-16)4-6-16/h7-9,11,19H,2-6H2,1H3,(H,17,20)(H,18,21). The second-order valence-electron chi connectivity index (χ2n) is 6.43. The van der Waals surface area contributed by atoms with Gasteiger partial charge in [-0.05, 0) is 56.7 Å². The number of rotatable bonds is 2. The number of hydrogen-bond donors (Lipinski definition) is 3. The highest BCUT2D eigenvalue weighted by atomic mass is 16.2.